The van der Waals surface area contributed by atoms with E-state index >= 15 is 0 Å². The van der Waals surface area contributed by atoms with Gasteiger partial charge in [-0.2, -0.15) is 0 Å². The number of anilines is 1. The molecule has 0 aliphatic carbocycles. The average Bonchev–Trinajstić information content (AvgIpc) is 2.94. The zero-order valence-electron chi connectivity index (χ0n) is 12.0. The van der Waals surface area contributed by atoms with Gasteiger partial charge in [-0.15, -0.1) is 0 Å². The first-order chi connectivity index (χ1) is 10.0. The van der Waals surface area contributed by atoms with Gasteiger partial charge < -0.3 is 19.2 Å². The molecule has 112 valence electrons. The molecule has 0 atom stereocenters. The summed E-state index contributed by atoms with van der Waals surface area (Å²) in [6, 6.07) is 6.57. The van der Waals surface area contributed by atoms with Gasteiger partial charge in [-0.25, -0.2) is 0 Å². The Morgan fingerprint density at radius 2 is 1.90 bits per heavy atom. The molecule has 0 fully saturated rings. The van der Waals surface area contributed by atoms with Crippen molar-refractivity contribution in [2.45, 2.75) is 13.5 Å². The molecule has 7 nitrogen and oxygen atoms in total. The SMILES string of the molecule is COc1cc(C)c(NCc2ccc([N+](=O)[O-])o2)cc1OC. The highest BCUT2D eigenvalue weighted by molar-refractivity contribution is 5.60. The number of nitrogens with zero attached hydrogens (tertiary/aromatic N) is 1. The molecule has 21 heavy (non-hydrogen) atoms. The summed E-state index contributed by atoms with van der Waals surface area (Å²) < 4.78 is 15.6. The number of nitro groups is 1. The van der Waals surface area contributed by atoms with Crippen molar-refractivity contribution in [3.05, 3.63) is 45.7 Å². The Morgan fingerprint density at radius 1 is 1.24 bits per heavy atom. The van der Waals surface area contributed by atoms with Crippen molar-refractivity contribution in [3.8, 4) is 11.5 Å². The fourth-order valence-corrected chi connectivity index (χ4v) is 1.91. The van der Waals surface area contributed by atoms with Crippen LogP contribution in [0.25, 0.3) is 0 Å². The molecule has 1 aromatic heterocycles. The normalized spacial score (nSPS) is 10.2. The number of furan rings is 1. The first-order valence-corrected chi connectivity index (χ1v) is 6.24. The summed E-state index contributed by atoms with van der Waals surface area (Å²) in [6.45, 7) is 2.26. The smallest absolute Gasteiger partial charge is 0.433 e. The molecule has 0 radical (unpaired) electrons. The minimum atomic E-state index is -0.564. The van der Waals surface area contributed by atoms with Crippen molar-refractivity contribution < 1.29 is 18.8 Å². The first-order valence-electron chi connectivity index (χ1n) is 6.24. The highest BCUT2D eigenvalue weighted by Gasteiger charge is 2.13. The quantitative estimate of drug-likeness (QED) is 0.650. The van der Waals surface area contributed by atoms with Crippen molar-refractivity contribution in [1.82, 2.24) is 0 Å². The van der Waals surface area contributed by atoms with Crippen LogP contribution in [0.3, 0.4) is 0 Å². The Morgan fingerprint density at radius 3 is 2.48 bits per heavy atom. The van der Waals surface area contributed by atoms with Gasteiger partial charge in [0, 0.05) is 11.8 Å². The third-order valence-corrected chi connectivity index (χ3v) is 3.01. The second-order valence-electron chi connectivity index (χ2n) is 4.37. The van der Waals surface area contributed by atoms with Crippen LogP contribution in [0.1, 0.15) is 11.3 Å². The average molecular weight is 292 g/mol. The van der Waals surface area contributed by atoms with E-state index in [1.165, 1.54) is 6.07 Å². The predicted octanol–water partition coefficient (Wildman–Crippen LogP) is 3.13. The van der Waals surface area contributed by atoms with E-state index in [9.17, 15) is 10.1 Å². The second-order valence-corrected chi connectivity index (χ2v) is 4.37. The first kappa shape index (κ1) is 14.7. The van der Waals surface area contributed by atoms with Gasteiger partial charge in [0.1, 0.15) is 10.7 Å². The van der Waals surface area contributed by atoms with Crippen LogP contribution in [-0.4, -0.2) is 19.1 Å². The number of nitrogens with one attached hydrogen (secondary N) is 1. The molecule has 1 heterocycles. The van der Waals surface area contributed by atoms with Crippen LogP contribution in [0, 0.1) is 17.0 Å². The zero-order chi connectivity index (χ0) is 15.4. The third kappa shape index (κ3) is 3.25. The van der Waals surface area contributed by atoms with Crippen molar-refractivity contribution in [1.29, 1.82) is 0 Å². The van der Waals surface area contributed by atoms with Crippen LogP contribution in [0.4, 0.5) is 11.6 Å². The molecular weight excluding hydrogens is 276 g/mol. The minimum Gasteiger partial charge on any atom is -0.493 e. The summed E-state index contributed by atoms with van der Waals surface area (Å²) in [5.41, 5.74) is 1.81. The molecule has 0 saturated carbocycles. The van der Waals surface area contributed by atoms with Gasteiger partial charge >= 0.3 is 5.88 Å². The summed E-state index contributed by atoms with van der Waals surface area (Å²) >= 11 is 0. The van der Waals surface area contributed by atoms with Crippen molar-refractivity contribution in [3.63, 3.8) is 0 Å². The largest absolute Gasteiger partial charge is 0.493 e. The molecule has 0 spiro atoms. The van der Waals surface area contributed by atoms with E-state index in [1.54, 1.807) is 20.3 Å². The van der Waals surface area contributed by atoms with Crippen LogP contribution in [0.15, 0.2) is 28.7 Å². The van der Waals surface area contributed by atoms with E-state index in [0.717, 1.165) is 11.3 Å². The molecule has 0 saturated heterocycles. The maximum atomic E-state index is 10.6. The lowest BCUT2D eigenvalue weighted by Gasteiger charge is -2.13. The lowest BCUT2D eigenvalue weighted by atomic mass is 10.1. The van der Waals surface area contributed by atoms with Crippen molar-refractivity contribution in [2.24, 2.45) is 0 Å². The summed E-state index contributed by atoms with van der Waals surface area (Å²) in [5.74, 6) is 1.47. The molecular formula is C14H16N2O5. The number of hydrogen-bond acceptors (Lipinski definition) is 6. The summed E-state index contributed by atoms with van der Waals surface area (Å²) in [5, 5.41) is 13.7. The molecule has 7 heteroatoms. The monoisotopic (exact) mass is 292 g/mol. The molecule has 2 rings (SSSR count). The molecule has 0 bridgehead atoms. The third-order valence-electron chi connectivity index (χ3n) is 3.01. The summed E-state index contributed by atoms with van der Waals surface area (Å²) in [4.78, 5) is 9.99. The van der Waals surface area contributed by atoms with Crippen LogP contribution in [-0.2, 0) is 6.54 Å². The fraction of sp³-hybridized carbons (Fsp3) is 0.286. The topological polar surface area (TPSA) is 86.8 Å². The Kier molecular flexibility index (Phi) is 4.32. The number of benzene rings is 1. The van der Waals surface area contributed by atoms with Gasteiger partial charge in [0.2, 0.25) is 0 Å². The van der Waals surface area contributed by atoms with Crippen LogP contribution < -0.4 is 14.8 Å². The van der Waals surface area contributed by atoms with Crippen LogP contribution in [0.2, 0.25) is 0 Å². The van der Waals surface area contributed by atoms with Gasteiger partial charge in [0.15, 0.2) is 11.5 Å². The summed E-state index contributed by atoms with van der Waals surface area (Å²) in [7, 11) is 3.14. The van der Waals surface area contributed by atoms with Crippen molar-refractivity contribution in [2.75, 3.05) is 19.5 Å². The zero-order valence-corrected chi connectivity index (χ0v) is 12.0. The standard InChI is InChI=1S/C14H16N2O5/c1-9-6-12(19-2)13(20-3)7-11(9)15-8-10-4-5-14(21-10)16(17)18/h4-7,15H,8H2,1-3H3. The van der Waals surface area contributed by atoms with Gasteiger partial charge in [0.25, 0.3) is 0 Å². The Bertz CT molecular complexity index is 651. The Labute approximate surface area is 121 Å². The van der Waals surface area contributed by atoms with E-state index in [0.29, 0.717) is 23.8 Å². The Hall–Kier alpha value is -2.70. The summed E-state index contributed by atoms with van der Waals surface area (Å²) in [6.07, 6.45) is 0. The number of ether oxygens (including phenoxy) is 2. The molecule has 0 aliphatic heterocycles. The van der Waals surface area contributed by atoms with Gasteiger partial charge in [-0.05, 0) is 24.6 Å². The number of rotatable bonds is 6. The highest BCUT2D eigenvalue weighted by Crippen LogP contribution is 2.33. The van der Waals surface area contributed by atoms with E-state index in [2.05, 4.69) is 5.32 Å². The van der Waals surface area contributed by atoms with Gasteiger partial charge in [0.05, 0.1) is 26.8 Å². The molecule has 0 aliphatic rings. The Balaban J connectivity index is 2.13. The maximum absolute atomic E-state index is 10.6. The predicted molar refractivity (Wildman–Crippen MR) is 77.0 cm³/mol. The molecule has 0 unspecified atom stereocenters. The number of hydrogen-bond donors (Lipinski definition) is 1. The lowest BCUT2D eigenvalue weighted by molar-refractivity contribution is -0.402. The molecule has 1 N–H and O–H groups in total. The maximum Gasteiger partial charge on any atom is 0.433 e. The van der Waals surface area contributed by atoms with Gasteiger partial charge in [-0.3, -0.25) is 10.1 Å². The van der Waals surface area contributed by atoms with E-state index < -0.39 is 4.92 Å². The second kappa shape index (κ2) is 6.17. The molecule has 2 aromatic rings. The van der Waals surface area contributed by atoms with Gasteiger partial charge in [-0.1, -0.05) is 0 Å². The minimum absolute atomic E-state index is 0.268. The van der Waals surface area contributed by atoms with Crippen LogP contribution in [0.5, 0.6) is 11.5 Å². The fourth-order valence-electron chi connectivity index (χ4n) is 1.91. The van der Waals surface area contributed by atoms with Crippen LogP contribution >= 0.6 is 0 Å². The molecule has 0 amide bonds. The van der Waals surface area contributed by atoms with E-state index in [1.807, 2.05) is 19.1 Å². The molecule has 1 aromatic carbocycles. The van der Waals surface area contributed by atoms with E-state index in [4.69, 9.17) is 13.9 Å². The lowest BCUT2D eigenvalue weighted by Crippen LogP contribution is -2.01. The van der Waals surface area contributed by atoms with E-state index in [-0.39, 0.29) is 5.88 Å². The number of aryl methyl sites for hydroxylation is 1. The number of methoxy groups -OCH3 is 2. The highest BCUT2D eigenvalue weighted by atomic mass is 16.6. The van der Waals surface area contributed by atoms with Crippen molar-refractivity contribution >= 4 is 11.6 Å².